The molecule has 0 saturated carbocycles. The fourth-order valence-electron chi connectivity index (χ4n) is 3.03. The van der Waals surface area contributed by atoms with Crippen molar-refractivity contribution in [2.75, 3.05) is 13.2 Å². The van der Waals surface area contributed by atoms with Gasteiger partial charge in [0, 0.05) is 18.6 Å². The second kappa shape index (κ2) is 5.19. The molecule has 19 heavy (non-hydrogen) atoms. The standard InChI is InChI=1S/C16H19NO2/c17-15(14-7-4-10-19-14)16(8-11-18-12-9-16)13-5-2-1-3-6-13/h1-7,10,15H,8-9,11-12,17H2. The van der Waals surface area contributed by atoms with E-state index in [1.54, 1.807) is 6.26 Å². The number of rotatable bonds is 3. The Kier molecular flexibility index (Phi) is 3.40. The van der Waals surface area contributed by atoms with Crippen molar-refractivity contribution < 1.29 is 9.15 Å². The lowest BCUT2D eigenvalue weighted by Crippen LogP contribution is -2.43. The van der Waals surface area contributed by atoms with Gasteiger partial charge in [0.2, 0.25) is 0 Å². The Bertz CT molecular complexity index is 501. The molecule has 1 aliphatic rings. The summed E-state index contributed by atoms with van der Waals surface area (Å²) in [5, 5.41) is 0. The highest BCUT2D eigenvalue weighted by atomic mass is 16.5. The number of hydrogen-bond acceptors (Lipinski definition) is 3. The van der Waals surface area contributed by atoms with Gasteiger partial charge in [-0.05, 0) is 30.5 Å². The summed E-state index contributed by atoms with van der Waals surface area (Å²) < 4.78 is 11.1. The van der Waals surface area contributed by atoms with Gasteiger partial charge in [-0.15, -0.1) is 0 Å². The minimum Gasteiger partial charge on any atom is -0.468 e. The van der Waals surface area contributed by atoms with E-state index < -0.39 is 0 Å². The van der Waals surface area contributed by atoms with Gasteiger partial charge in [0.05, 0.1) is 12.3 Å². The number of benzene rings is 1. The monoisotopic (exact) mass is 257 g/mol. The molecule has 0 spiro atoms. The zero-order valence-corrected chi connectivity index (χ0v) is 10.9. The van der Waals surface area contributed by atoms with E-state index in [9.17, 15) is 0 Å². The molecule has 3 rings (SSSR count). The van der Waals surface area contributed by atoms with E-state index in [0.29, 0.717) is 0 Å². The number of hydrogen-bond donors (Lipinski definition) is 1. The van der Waals surface area contributed by atoms with E-state index >= 15 is 0 Å². The summed E-state index contributed by atoms with van der Waals surface area (Å²) in [6.07, 6.45) is 3.55. The lowest BCUT2D eigenvalue weighted by molar-refractivity contribution is 0.0369. The van der Waals surface area contributed by atoms with Crippen molar-refractivity contribution in [1.82, 2.24) is 0 Å². The molecule has 0 amide bonds. The zero-order chi connectivity index (χ0) is 13.1. The largest absolute Gasteiger partial charge is 0.468 e. The first kappa shape index (κ1) is 12.5. The van der Waals surface area contributed by atoms with Gasteiger partial charge in [-0.25, -0.2) is 0 Å². The smallest absolute Gasteiger partial charge is 0.121 e. The molecule has 2 heterocycles. The van der Waals surface area contributed by atoms with Crippen LogP contribution in [0.4, 0.5) is 0 Å². The molecule has 1 atom stereocenters. The predicted molar refractivity (Wildman–Crippen MR) is 73.8 cm³/mol. The molecule has 1 fully saturated rings. The maximum Gasteiger partial charge on any atom is 0.121 e. The lowest BCUT2D eigenvalue weighted by atomic mass is 9.68. The van der Waals surface area contributed by atoms with Gasteiger partial charge in [0.25, 0.3) is 0 Å². The maximum atomic E-state index is 6.53. The van der Waals surface area contributed by atoms with Crippen molar-refractivity contribution in [2.24, 2.45) is 5.73 Å². The number of furan rings is 1. The van der Waals surface area contributed by atoms with E-state index in [2.05, 4.69) is 24.3 Å². The molecule has 0 bridgehead atoms. The van der Waals surface area contributed by atoms with Crippen LogP contribution in [0.5, 0.6) is 0 Å². The van der Waals surface area contributed by atoms with Gasteiger partial charge in [0.15, 0.2) is 0 Å². The van der Waals surface area contributed by atoms with Crippen molar-refractivity contribution in [3.05, 3.63) is 60.1 Å². The Hall–Kier alpha value is -1.58. The second-order valence-corrected chi connectivity index (χ2v) is 5.13. The molecular weight excluding hydrogens is 238 g/mol. The summed E-state index contributed by atoms with van der Waals surface area (Å²) >= 11 is 0. The summed E-state index contributed by atoms with van der Waals surface area (Å²) in [6.45, 7) is 1.51. The normalized spacial score (nSPS) is 20.1. The topological polar surface area (TPSA) is 48.4 Å². The lowest BCUT2D eigenvalue weighted by Gasteiger charge is -2.41. The molecule has 1 aliphatic heterocycles. The van der Waals surface area contributed by atoms with Crippen LogP contribution >= 0.6 is 0 Å². The van der Waals surface area contributed by atoms with Crippen LogP contribution in [-0.2, 0) is 10.2 Å². The Labute approximate surface area is 113 Å². The van der Waals surface area contributed by atoms with Crippen LogP contribution in [0, 0.1) is 0 Å². The van der Waals surface area contributed by atoms with Crippen LogP contribution in [0.2, 0.25) is 0 Å². The molecule has 1 aromatic heterocycles. The highest BCUT2D eigenvalue weighted by molar-refractivity contribution is 5.30. The van der Waals surface area contributed by atoms with Gasteiger partial charge < -0.3 is 14.9 Å². The van der Waals surface area contributed by atoms with E-state index in [4.69, 9.17) is 14.9 Å². The molecule has 1 aromatic carbocycles. The van der Waals surface area contributed by atoms with Crippen LogP contribution in [0.1, 0.15) is 30.2 Å². The second-order valence-electron chi connectivity index (χ2n) is 5.13. The highest BCUT2D eigenvalue weighted by Crippen LogP contribution is 2.43. The first-order valence-electron chi connectivity index (χ1n) is 6.75. The van der Waals surface area contributed by atoms with Gasteiger partial charge in [0.1, 0.15) is 5.76 Å². The minimum atomic E-state index is -0.131. The van der Waals surface area contributed by atoms with Crippen molar-refractivity contribution in [2.45, 2.75) is 24.3 Å². The van der Waals surface area contributed by atoms with E-state index in [-0.39, 0.29) is 11.5 Å². The zero-order valence-electron chi connectivity index (χ0n) is 10.9. The summed E-state index contributed by atoms with van der Waals surface area (Å²) in [5.74, 6) is 0.853. The predicted octanol–water partition coefficient (Wildman–Crippen LogP) is 3.03. The summed E-state index contributed by atoms with van der Waals surface area (Å²) in [5.41, 5.74) is 7.73. The van der Waals surface area contributed by atoms with E-state index in [1.807, 2.05) is 18.2 Å². The summed E-state index contributed by atoms with van der Waals surface area (Å²) in [6, 6.07) is 14.2. The summed E-state index contributed by atoms with van der Waals surface area (Å²) in [4.78, 5) is 0. The highest BCUT2D eigenvalue weighted by Gasteiger charge is 2.41. The molecular formula is C16H19NO2. The fraction of sp³-hybridized carbons (Fsp3) is 0.375. The Morgan fingerprint density at radius 2 is 1.74 bits per heavy atom. The first-order valence-corrected chi connectivity index (χ1v) is 6.75. The quantitative estimate of drug-likeness (QED) is 0.919. The van der Waals surface area contributed by atoms with Crippen LogP contribution in [0.3, 0.4) is 0 Å². The van der Waals surface area contributed by atoms with E-state index in [1.165, 1.54) is 5.56 Å². The first-order chi connectivity index (χ1) is 9.33. The molecule has 3 nitrogen and oxygen atoms in total. The molecule has 0 aliphatic carbocycles. The fourth-order valence-corrected chi connectivity index (χ4v) is 3.03. The molecule has 1 unspecified atom stereocenters. The molecule has 1 saturated heterocycles. The molecule has 2 N–H and O–H groups in total. The Balaban J connectivity index is 2.02. The van der Waals surface area contributed by atoms with Gasteiger partial charge >= 0.3 is 0 Å². The Morgan fingerprint density at radius 3 is 2.37 bits per heavy atom. The molecule has 2 aromatic rings. The molecule has 0 radical (unpaired) electrons. The summed E-state index contributed by atoms with van der Waals surface area (Å²) in [7, 11) is 0. The van der Waals surface area contributed by atoms with Gasteiger partial charge in [-0.3, -0.25) is 0 Å². The molecule has 100 valence electrons. The Morgan fingerprint density at radius 1 is 1.00 bits per heavy atom. The van der Waals surface area contributed by atoms with Crippen molar-refractivity contribution in [1.29, 1.82) is 0 Å². The van der Waals surface area contributed by atoms with Crippen LogP contribution in [0.25, 0.3) is 0 Å². The average Bonchev–Trinajstić information content (AvgIpc) is 3.02. The van der Waals surface area contributed by atoms with Crippen LogP contribution in [-0.4, -0.2) is 13.2 Å². The van der Waals surface area contributed by atoms with Crippen molar-refractivity contribution >= 4 is 0 Å². The van der Waals surface area contributed by atoms with Crippen molar-refractivity contribution in [3.8, 4) is 0 Å². The third-order valence-corrected chi connectivity index (χ3v) is 4.18. The van der Waals surface area contributed by atoms with E-state index in [0.717, 1.165) is 31.8 Å². The number of nitrogens with two attached hydrogens (primary N) is 1. The molecule has 3 heteroatoms. The maximum absolute atomic E-state index is 6.53. The van der Waals surface area contributed by atoms with Crippen LogP contribution in [0.15, 0.2) is 53.1 Å². The third-order valence-electron chi connectivity index (χ3n) is 4.18. The van der Waals surface area contributed by atoms with Crippen LogP contribution < -0.4 is 5.73 Å². The van der Waals surface area contributed by atoms with Gasteiger partial charge in [-0.2, -0.15) is 0 Å². The average molecular weight is 257 g/mol. The van der Waals surface area contributed by atoms with Gasteiger partial charge in [-0.1, -0.05) is 30.3 Å². The minimum absolute atomic E-state index is 0.0859. The number of ether oxygens (including phenoxy) is 1. The third kappa shape index (κ3) is 2.20. The van der Waals surface area contributed by atoms with Crippen molar-refractivity contribution in [3.63, 3.8) is 0 Å². The SMILES string of the molecule is NC(c1ccco1)C1(c2ccccc2)CCOCC1.